The lowest BCUT2D eigenvalue weighted by Gasteiger charge is -2.46. The zero-order valence-electron chi connectivity index (χ0n) is 39.6. The Bertz CT molecular complexity index is 2540. The number of rotatable bonds is 10. The van der Waals surface area contributed by atoms with Crippen molar-refractivity contribution in [2.75, 3.05) is 51.7 Å². The van der Waals surface area contributed by atoms with Crippen LogP contribution in [0.3, 0.4) is 0 Å². The van der Waals surface area contributed by atoms with E-state index in [1.165, 1.54) is 0 Å². The van der Waals surface area contributed by atoms with Gasteiger partial charge in [0, 0.05) is 43.1 Å². The molecule has 4 fully saturated rings. The van der Waals surface area contributed by atoms with Gasteiger partial charge in [-0.25, -0.2) is 18.6 Å². The van der Waals surface area contributed by atoms with Crippen LogP contribution in [0.5, 0.6) is 17.6 Å². The highest BCUT2D eigenvalue weighted by atomic mass is 28.3. The molecule has 15 heteroatoms. The molecule has 0 radical (unpaired) electrons. The number of hydrogen-bond acceptors (Lipinski definition) is 11. The summed E-state index contributed by atoms with van der Waals surface area (Å²) in [4.78, 5) is 34.9. The van der Waals surface area contributed by atoms with Crippen molar-refractivity contribution in [3.8, 4) is 40.4 Å². The lowest BCUT2D eigenvalue weighted by molar-refractivity contribution is 0.00537. The maximum Gasteiger partial charge on any atom is 0.410 e. The van der Waals surface area contributed by atoms with Gasteiger partial charge in [-0.3, -0.25) is 9.80 Å². The van der Waals surface area contributed by atoms with Gasteiger partial charge in [0.15, 0.2) is 12.6 Å². The molecule has 65 heavy (non-hydrogen) atoms. The first kappa shape index (κ1) is 45.4. The Labute approximate surface area is 382 Å². The summed E-state index contributed by atoms with van der Waals surface area (Å²) in [6.45, 7) is 21.2. The molecule has 0 saturated carbocycles. The van der Waals surface area contributed by atoms with E-state index in [-0.39, 0.29) is 67.3 Å². The van der Waals surface area contributed by atoms with E-state index in [4.69, 9.17) is 38.6 Å². The highest BCUT2D eigenvalue weighted by Crippen LogP contribution is 2.48. The Morgan fingerprint density at radius 3 is 2.49 bits per heavy atom. The van der Waals surface area contributed by atoms with Crippen LogP contribution in [0.2, 0.25) is 16.6 Å². The highest BCUT2D eigenvalue weighted by Gasteiger charge is 2.53. The Hall–Kier alpha value is -4.78. The lowest BCUT2D eigenvalue weighted by Crippen LogP contribution is -2.63. The number of methoxy groups -OCH3 is 1. The van der Waals surface area contributed by atoms with Gasteiger partial charge in [0.2, 0.25) is 5.88 Å². The number of nitrogens with zero attached hydrogens (tertiary/aromatic N) is 6. The average molecular weight is 911 g/mol. The van der Waals surface area contributed by atoms with Crippen molar-refractivity contribution in [3.05, 3.63) is 41.7 Å². The number of amides is 1. The van der Waals surface area contributed by atoms with Crippen molar-refractivity contribution in [1.29, 1.82) is 0 Å². The molecule has 0 spiro atoms. The molecule has 5 aliphatic heterocycles. The van der Waals surface area contributed by atoms with Gasteiger partial charge in [-0.05, 0) is 93.2 Å². The fraction of sp³-hybridized carbons (Fsp3) is 0.600. The second kappa shape index (κ2) is 17.1. The van der Waals surface area contributed by atoms with Crippen molar-refractivity contribution in [1.82, 2.24) is 24.8 Å². The third kappa shape index (κ3) is 7.94. The zero-order chi connectivity index (χ0) is 46.2. The Morgan fingerprint density at radius 1 is 1.00 bits per heavy atom. The van der Waals surface area contributed by atoms with E-state index in [9.17, 15) is 9.18 Å². The molecule has 0 N–H and O–H groups in total. The van der Waals surface area contributed by atoms with E-state index in [1.54, 1.807) is 13.2 Å². The monoisotopic (exact) mass is 910 g/mol. The van der Waals surface area contributed by atoms with Crippen molar-refractivity contribution in [3.63, 3.8) is 0 Å². The van der Waals surface area contributed by atoms with E-state index in [0.717, 1.165) is 48.6 Å². The summed E-state index contributed by atoms with van der Waals surface area (Å²) in [6, 6.07) is 8.82. The largest absolute Gasteiger partial charge is 0.475 e. The Morgan fingerprint density at radius 2 is 1.77 bits per heavy atom. The number of aromatic nitrogens is 3. The number of halogens is 2. The molecular weight excluding hydrogens is 847 g/mol. The topological polar surface area (TPSA) is 112 Å². The van der Waals surface area contributed by atoms with Crippen LogP contribution in [-0.2, 0) is 9.47 Å². The van der Waals surface area contributed by atoms with Gasteiger partial charge in [0.1, 0.15) is 61.2 Å². The van der Waals surface area contributed by atoms with E-state index in [0.29, 0.717) is 58.7 Å². The standard InChI is InChI=1S/C50H64F2N6O6Si/c1-29(2)65(30(3)4,31(5)6)20-17-32-13-11-14-33-21-36(63-28-60-10)22-37(40(32)33)43-42(52)44-41-45(55-47(54-44)62-27-50-18-12-19-56(50)24-34(51)23-50)57-25-35-15-16-38(39(57)26-61-46(41)53-43)58(35)48(59)64-49(7,8)9/h11,13-14,21-22,29-31,34-35,38-39H,12,15-16,18-19,23-28H2,1-10H3/t34-,35?,38?,39-,50+/m1/s1. The minimum Gasteiger partial charge on any atom is -0.475 e. The fourth-order valence-corrected chi connectivity index (χ4v) is 17.3. The SMILES string of the molecule is COCOc1cc(-c2nc3c4c(nc(OC[C@@]56CCCN5C[C@H](F)C6)nc4c2F)N2CC4CCC([C@H]2CO3)N4C(=O)OC(C)(C)C)c2c(C#C[Si](C(C)C)(C(C)C)C(C)C)cccc2c1. The normalized spacial score (nSPS) is 24.0. The maximum absolute atomic E-state index is 18.1. The smallest absolute Gasteiger partial charge is 0.410 e. The van der Waals surface area contributed by atoms with Gasteiger partial charge >= 0.3 is 12.1 Å². The molecule has 5 atom stereocenters. The first-order valence-corrected chi connectivity index (χ1v) is 25.7. The number of pyridine rings is 1. The maximum atomic E-state index is 18.1. The summed E-state index contributed by atoms with van der Waals surface area (Å²) in [7, 11) is -0.624. The van der Waals surface area contributed by atoms with E-state index in [2.05, 4.69) is 62.8 Å². The summed E-state index contributed by atoms with van der Waals surface area (Å²) in [5, 5.41) is 1.85. The van der Waals surface area contributed by atoms with Crippen LogP contribution in [-0.4, -0.2) is 121 Å². The van der Waals surface area contributed by atoms with E-state index in [1.807, 2.05) is 49.9 Å². The number of anilines is 1. The Balaban J connectivity index is 1.23. The number of carbonyl (C=O) groups excluding carboxylic acids is 1. The molecule has 1 amide bonds. The molecular formula is C50H64F2N6O6Si. The number of hydrogen-bond donors (Lipinski definition) is 0. The molecule has 2 aromatic heterocycles. The van der Waals surface area contributed by atoms with Gasteiger partial charge in [-0.1, -0.05) is 59.6 Å². The molecule has 7 heterocycles. The molecule has 2 aromatic carbocycles. The summed E-state index contributed by atoms with van der Waals surface area (Å²) in [5.41, 5.74) is 5.18. The van der Waals surface area contributed by atoms with E-state index >= 15 is 4.39 Å². The van der Waals surface area contributed by atoms with Crippen molar-refractivity contribution in [2.45, 2.75) is 146 Å². The van der Waals surface area contributed by atoms with Crippen LogP contribution >= 0.6 is 0 Å². The van der Waals surface area contributed by atoms with Crippen molar-refractivity contribution < 1.29 is 37.3 Å². The van der Waals surface area contributed by atoms with Gasteiger partial charge in [0.25, 0.3) is 0 Å². The van der Waals surface area contributed by atoms with Crippen LogP contribution < -0.4 is 19.1 Å². The first-order chi connectivity index (χ1) is 30.9. The van der Waals surface area contributed by atoms with Gasteiger partial charge < -0.3 is 28.6 Å². The number of piperazine rings is 1. The molecule has 12 nitrogen and oxygen atoms in total. The number of carbonyl (C=O) groups is 1. The molecule has 4 saturated heterocycles. The molecule has 9 rings (SSSR count). The van der Waals surface area contributed by atoms with Gasteiger partial charge in [-0.15, -0.1) is 5.54 Å². The third-order valence-corrected chi connectivity index (χ3v) is 21.1. The van der Waals surface area contributed by atoms with Crippen LogP contribution in [0.1, 0.15) is 100.0 Å². The molecule has 2 bridgehead atoms. The predicted octanol–water partition coefficient (Wildman–Crippen LogP) is 9.84. The third-order valence-electron chi connectivity index (χ3n) is 14.8. The molecule has 348 valence electrons. The lowest BCUT2D eigenvalue weighted by atomic mass is 9.95. The summed E-state index contributed by atoms with van der Waals surface area (Å²) in [6.07, 6.45) is 2.29. The van der Waals surface area contributed by atoms with Crippen molar-refractivity contribution in [2.24, 2.45) is 0 Å². The average Bonchev–Trinajstić information content (AvgIpc) is 3.85. The molecule has 5 aliphatic rings. The van der Waals surface area contributed by atoms with Gasteiger partial charge in [-0.2, -0.15) is 9.97 Å². The van der Waals surface area contributed by atoms with Gasteiger partial charge in [0.05, 0.1) is 23.7 Å². The van der Waals surface area contributed by atoms with Crippen molar-refractivity contribution >= 4 is 41.7 Å². The first-order valence-electron chi connectivity index (χ1n) is 23.5. The summed E-state index contributed by atoms with van der Waals surface area (Å²) >= 11 is 0. The van der Waals surface area contributed by atoms with E-state index < -0.39 is 31.2 Å². The predicted molar refractivity (Wildman–Crippen MR) is 251 cm³/mol. The molecule has 4 aromatic rings. The van der Waals surface area contributed by atoms with Crippen LogP contribution in [0.15, 0.2) is 30.3 Å². The zero-order valence-corrected chi connectivity index (χ0v) is 40.6. The van der Waals surface area contributed by atoms with Crippen LogP contribution in [0.25, 0.3) is 32.9 Å². The quantitative estimate of drug-likeness (QED) is 0.0862. The minimum atomic E-state index is -2.17. The number of fused-ring (bicyclic) bond motifs is 7. The molecule has 2 unspecified atom stereocenters. The Kier molecular flexibility index (Phi) is 12.0. The summed E-state index contributed by atoms with van der Waals surface area (Å²) in [5.74, 6) is 4.05. The minimum absolute atomic E-state index is 0.00564. The second-order valence-electron chi connectivity index (χ2n) is 20.8. The number of ether oxygens (including phenoxy) is 5. The van der Waals surface area contributed by atoms with Crippen LogP contribution in [0.4, 0.5) is 19.4 Å². The molecule has 0 aliphatic carbocycles. The summed E-state index contributed by atoms with van der Waals surface area (Å²) < 4.78 is 63.6. The van der Waals surface area contributed by atoms with Crippen LogP contribution in [0, 0.1) is 17.3 Å². The number of benzene rings is 2. The number of alkyl halides is 1. The second-order valence-corrected chi connectivity index (χ2v) is 26.4. The fourth-order valence-electron chi connectivity index (χ4n) is 12.1. The highest BCUT2D eigenvalue weighted by molar-refractivity contribution is 6.90.